The molecule has 1 N–H and O–H groups in total. The van der Waals surface area contributed by atoms with Crippen molar-refractivity contribution in [2.75, 3.05) is 14.2 Å². The number of aromatic nitrogens is 3. The van der Waals surface area contributed by atoms with Crippen LogP contribution < -0.4 is 14.8 Å². The van der Waals surface area contributed by atoms with E-state index in [2.05, 4.69) is 15.5 Å². The number of nitrogens with zero attached hydrogens (tertiary/aromatic N) is 3. The Hall–Kier alpha value is -3.70. The summed E-state index contributed by atoms with van der Waals surface area (Å²) < 4.78 is 51.9. The summed E-state index contributed by atoms with van der Waals surface area (Å²) in [5, 5.41) is 12.4. The van der Waals surface area contributed by atoms with Crippen LogP contribution in [0.5, 0.6) is 11.5 Å². The molecule has 0 saturated carbocycles. The fourth-order valence-corrected chi connectivity index (χ4v) is 4.99. The number of ether oxygens (including phenoxy) is 2. The van der Waals surface area contributed by atoms with Crippen molar-refractivity contribution in [3.8, 4) is 17.2 Å². The Bertz CT molecular complexity index is 1480. The van der Waals surface area contributed by atoms with E-state index in [1.165, 1.54) is 32.0 Å². The van der Waals surface area contributed by atoms with Crippen molar-refractivity contribution in [3.05, 3.63) is 94.3 Å². The van der Waals surface area contributed by atoms with E-state index in [4.69, 9.17) is 21.1 Å². The summed E-state index contributed by atoms with van der Waals surface area (Å²) in [6.07, 6.45) is -4.44. The highest BCUT2D eigenvalue weighted by Gasteiger charge is 2.30. The summed E-state index contributed by atoms with van der Waals surface area (Å²) in [6, 6.07) is 16.5. The molecule has 4 aromatic rings. The zero-order chi connectivity index (χ0) is 28.2. The third-order valence-electron chi connectivity index (χ3n) is 5.73. The molecule has 0 aliphatic carbocycles. The Morgan fingerprint density at radius 3 is 2.49 bits per heavy atom. The SMILES string of the molecule is COc1cccc(C(=O)NC(C)c2nnc(SCc3cccc(C(F)(F)F)c3)n2-c2cccc(Cl)c2)c1OC. The fraction of sp³-hybridized carbons (Fsp3) is 0.222. The van der Waals surface area contributed by atoms with Gasteiger partial charge in [-0.3, -0.25) is 9.36 Å². The maximum Gasteiger partial charge on any atom is 0.416 e. The van der Waals surface area contributed by atoms with E-state index in [1.807, 2.05) is 0 Å². The average Bonchev–Trinajstić information content (AvgIpc) is 3.35. The summed E-state index contributed by atoms with van der Waals surface area (Å²) in [4.78, 5) is 13.2. The molecule has 0 bridgehead atoms. The molecule has 12 heteroatoms. The highest BCUT2D eigenvalue weighted by molar-refractivity contribution is 7.98. The molecule has 3 aromatic carbocycles. The van der Waals surface area contributed by atoms with Crippen LogP contribution in [0.25, 0.3) is 5.69 Å². The lowest BCUT2D eigenvalue weighted by molar-refractivity contribution is -0.137. The van der Waals surface area contributed by atoms with Gasteiger partial charge in [0, 0.05) is 10.8 Å². The van der Waals surface area contributed by atoms with Crippen LogP contribution >= 0.6 is 23.4 Å². The quantitative estimate of drug-likeness (QED) is 0.222. The normalized spacial score (nSPS) is 12.2. The summed E-state index contributed by atoms with van der Waals surface area (Å²) in [7, 11) is 2.93. The summed E-state index contributed by atoms with van der Waals surface area (Å²) in [5.41, 5.74) is 0.663. The fourth-order valence-electron chi connectivity index (χ4n) is 3.90. The van der Waals surface area contributed by atoms with Gasteiger partial charge in [0.15, 0.2) is 22.5 Å². The van der Waals surface area contributed by atoms with Gasteiger partial charge in [-0.2, -0.15) is 13.2 Å². The van der Waals surface area contributed by atoms with E-state index in [0.717, 1.165) is 12.1 Å². The van der Waals surface area contributed by atoms with Gasteiger partial charge < -0.3 is 14.8 Å². The van der Waals surface area contributed by atoms with E-state index >= 15 is 0 Å². The lowest BCUT2D eigenvalue weighted by atomic mass is 10.1. The van der Waals surface area contributed by atoms with Crippen LogP contribution in [0.3, 0.4) is 0 Å². The van der Waals surface area contributed by atoms with Gasteiger partial charge in [0.2, 0.25) is 0 Å². The van der Waals surface area contributed by atoms with Crippen LogP contribution in [-0.2, 0) is 11.9 Å². The zero-order valence-corrected chi connectivity index (χ0v) is 22.7. The van der Waals surface area contributed by atoms with Gasteiger partial charge in [-0.25, -0.2) is 0 Å². The largest absolute Gasteiger partial charge is 0.493 e. The molecule has 39 heavy (non-hydrogen) atoms. The van der Waals surface area contributed by atoms with Crippen molar-refractivity contribution in [2.24, 2.45) is 0 Å². The van der Waals surface area contributed by atoms with Crippen LogP contribution in [0.1, 0.15) is 40.3 Å². The van der Waals surface area contributed by atoms with Crippen LogP contribution in [0, 0.1) is 0 Å². The van der Waals surface area contributed by atoms with Crippen molar-refractivity contribution in [2.45, 2.75) is 30.1 Å². The summed E-state index contributed by atoms with van der Waals surface area (Å²) >= 11 is 7.46. The zero-order valence-electron chi connectivity index (χ0n) is 21.1. The number of rotatable bonds is 9. The first-order chi connectivity index (χ1) is 18.6. The van der Waals surface area contributed by atoms with Crippen molar-refractivity contribution in [3.63, 3.8) is 0 Å². The van der Waals surface area contributed by atoms with Gasteiger partial charge in [-0.1, -0.05) is 53.7 Å². The second kappa shape index (κ2) is 12.0. The van der Waals surface area contributed by atoms with Gasteiger partial charge in [0.05, 0.1) is 37.1 Å². The number of hydrogen-bond donors (Lipinski definition) is 1. The maximum atomic E-state index is 13.2. The number of halogens is 4. The number of benzene rings is 3. The Kier molecular flexibility index (Phi) is 8.71. The Balaban J connectivity index is 1.64. The summed E-state index contributed by atoms with van der Waals surface area (Å²) in [5.74, 6) is 0.896. The van der Waals surface area contributed by atoms with Gasteiger partial charge in [0.1, 0.15) is 0 Å². The highest BCUT2D eigenvalue weighted by atomic mass is 35.5. The van der Waals surface area contributed by atoms with Crippen LogP contribution in [-0.4, -0.2) is 34.9 Å². The van der Waals surface area contributed by atoms with Crippen LogP contribution in [0.15, 0.2) is 71.9 Å². The predicted octanol–water partition coefficient (Wildman–Crippen LogP) is 6.74. The minimum atomic E-state index is -4.44. The number of para-hydroxylation sites is 1. The summed E-state index contributed by atoms with van der Waals surface area (Å²) in [6.45, 7) is 1.75. The number of thioether (sulfide) groups is 1. The van der Waals surface area contributed by atoms with Gasteiger partial charge in [-0.05, 0) is 48.9 Å². The second-order valence-electron chi connectivity index (χ2n) is 8.38. The van der Waals surface area contributed by atoms with Crippen LogP contribution in [0.4, 0.5) is 13.2 Å². The lowest BCUT2D eigenvalue weighted by Gasteiger charge is -2.18. The third-order valence-corrected chi connectivity index (χ3v) is 6.96. The standard InChI is InChI=1S/C27H24ClF3N4O3S/c1-16(32-25(36)21-11-6-12-22(37-2)23(21)38-3)24-33-34-26(35(24)20-10-5-9-19(28)14-20)39-15-17-7-4-8-18(13-17)27(29,30)31/h4-14,16H,15H2,1-3H3,(H,32,36). The molecule has 7 nitrogen and oxygen atoms in total. The Labute approximate surface area is 232 Å². The van der Waals surface area contributed by atoms with Crippen molar-refractivity contribution < 1.29 is 27.4 Å². The molecule has 4 rings (SSSR count). The van der Waals surface area contributed by atoms with Crippen molar-refractivity contribution >= 4 is 29.3 Å². The Morgan fingerprint density at radius 1 is 1.05 bits per heavy atom. The molecule has 1 aromatic heterocycles. The van der Waals surface area contributed by atoms with E-state index in [0.29, 0.717) is 38.8 Å². The smallest absolute Gasteiger partial charge is 0.416 e. The second-order valence-corrected chi connectivity index (χ2v) is 9.76. The molecular formula is C27H24ClF3N4O3S. The van der Waals surface area contributed by atoms with Crippen molar-refractivity contribution in [1.82, 2.24) is 20.1 Å². The third kappa shape index (κ3) is 6.48. The molecule has 0 spiro atoms. The monoisotopic (exact) mass is 576 g/mol. The average molecular weight is 577 g/mol. The van der Waals surface area contributed by atoms with E-state index < -0.39 is 23.7 Å². The lowest BCUT2D eigenvalue weighted by Crippen LogP contribution is -2.29. The first-order valence-electron chi connectivity index (χ1n) is 11.6. The molecule has 0 radical (unpaired) electrons. The van der Waals surface area contributed by atoms with E-state index in [9.17, 15) is 18.0 Å². The van der Waals surface area contributed by atoms with Gasteiger partial charge >= 0.3 is 6.18 Å². The topological polar surface area (TPSA) is 78.3 Å². The molecule has 0 saturated heterocycles. The number of amides is 1. The number of nitrogens with one attached hydrogen (secondary N) is 1. The first kappa shape index (κ1) is 28.3. The number of methoxy groups -OCH3 is 2. The molecule has 1 heterocycles. The van der Waals surface area contributed by atoms with Crippen LogP contribution in [0.2, 0.25) is 5.02 Å². The number of carbonyl (C=O) groups is 1. The molecule has 0 fully saturated rings. The van der Waals surface area contributed by atoms with E-state index in [1.54, 1.807) is 60.0 Å². The van der Waals surface area contributed by atoms with E-state index in [-0.39, 0.29) is 11.3 Å². The maximum absolute atomic E-state index is 13.2. The first-order valence-corrected chi connectivity index (χ1v) is 13.0. The van der Waals surface area contributed by atoms with Gasteiger partial charge in [-0.15, -0.1) is 10.2 Å². The highest BCUT2D eigenvalue weighted by Crippen LogP contribution is 2.34. The minimum absolute atomic E-state index is 0.213. The number of alkyl halides is 3. The molecule has 1 amide bonds. The minimum Gasteiger partial charge on any atom is -0.493 e. The molecule has 0 aliphatic rings. The molecule has 0 aliphatic heterocycles. The molecule has 204 valence electrons. The van der Waals surface area contributed by atoms with Gasteiger partial charge in [0.25, 0.3) is 5.91 Å². The molecule has 1 unspecified atom stereocenters. The number of carbonyl (C=O) groups excluding carboxylic acids is 1. The number of hydrogen-bond acceptors (Lipinski definition) is 6. The van der Waals surface area contributed by atoms with Crippen molar-refractivity contribution in [1.29, 1.82) is 0 Å². The molecule has 1 atom stereocenters. The Morgan fingerprint density at radius 2 is 1.79 bits per heavy atom. The predicted molar refractivity (Wildman–Crippen MR) is 143 cm³/mol. The molecular weight excluding hydrogens is 553 g/mol.